The van der Waals surface area contributed by atoms with Crippen molar-refractivity contribution in [3.8, 4) is 5.75 Å². The minimum Gasteiger partial charge on any atom is -0.489 e. The molecule has 0 aliphatic heterocycles. The zero-order valence-corrected chi connectivity index (χ0v) is 13.7. The quantitative estimate of drug-likeness (QED) is 0.815. The van der Waals surface area contributed by atoms with Gasteiger partial charge in [-0.05, 0) is 55.8 Å². The van der Waals surface area contributed by atoms with E-state index in [4.69, 9.17) is 9.84 Å². The number of nitrogens with one attached hydrogen (secondary N) is 1. The maximum Gasteiger partial charge on any atom is 0.310 e. The van der Waals surface area contributed by atoms with E-state index in [9.17, 15) is 9.59 Å². The van der Waals surface area contributed by atoms with Crippen molar-refractivity contribution in [3.63, 3.8) is 0 Å². The van der Waals surface area contributed by atoms with Crippen LogP contribution in [0, 0.1) is 5.41 Å². The lowest BCUT2D eigenvalue weighted by Crippen LogP contribution is -2.38. The molecule has 0 atom stereocenters. The summed E-state index contributed by atoms with van der Waals surface area (Å²) >= 11 is 0. The number of carbonyl (C=O) groups is 2. The predicted octanol–water partition coefficient (Wildman–Crippen LogP) is 2.50. The number of carbonyl (C=O) groups excluding carboxylic acids is 1. The van der Waals surface area contributed by atoms with Crippen LogP contribution in [0.5, 0.6) is 5.75 Å². The summed E-state index contributed by atoms with van der Waals surface area (Å²) in [7, 11) is 0. The van der Waals surface area contributed by atoms with Crippen LogP contribution >= 0.6 is 0 Å². The standard InChI is InChI=1S/C18H20N2O4/c1-18(2,17(22)23)12-20-16(21)14-3-5-15(6-4-14)24-11-13-7-9-19-10-8-13/h3-10H,11-12H2,1-2H3,(H,20,21)(H,22,23). The summed E-state index contributed by atoms with van der Waals surface area (Å²) in [4.78, 5) is 27.0. The number of aromatic nitrogens is 1. The molecule has 2 aromatic rings. The Balaban J connectivity index is 1.89. The molecule has 1 amide bonds. The molecular formula is C18H20N2O4. The van der Waals surface area contributed by atoms with E-state index >= 15 is 0 Å². The van der Waals surface area contributed by atoms with E-state index in [0.717, 1.165) is 5.56 Å². The van der Waals surface area contributed by atoms with Gasteiger partial charge in [0.15, 0.2) is 0 Å². The molecule has 0 unspecified atom stereocenters. The van der Waals surface area contributed by atoms with Gasteiger partial charge in [-0.15, -0.1) is 0 Å². The van der Waals surface area contributed by atoms with Crippen LogP contribution in [0.1, 0.15) is 29.8 Å². The summed E-state index contributed by atoms with van der Waals surface area (Å²) in [6, 6.07) is 10.4. The number of pyridine rings is 1. The minimum absolute atomic E-state index is 0.0570. The fourth-order valence-electron chi connectivity index (χ4n) is 1.83. The molecule has 6 nitrogen and oxygen atoms in total. The number of carboxylic acids is 1. The van der Waals surface area contributed by atoms with Crippen molar-refractivity contribution in [2.24, 2.45) is 5.41 Å². The lowest BCUT2D eigenvalue weighted by atomic mass is 9.94. The first-order chi connectivity index (χ1) is 11.4. The van der Waals surface area contributed by atoms with Gasteiger partial charge in [-0.3, -0.25) is 14.6 Å². The van der Waals surface area contributed by atoms with Gasteiger partial charge < -0.3 is 15.2 Å². The molecule has 0 spiro atoms. The number of carboxylic acid groups (broad SMARTS) is 1. The van der Waals surface area contributed by atoms with E-state index in [-0.39, 0.29) is 12.5 Å². The summed E-state index contributed by atoms with van der Waals surface area (Å²) in [6.07, 6.45) is 3.40. The monoisotopic (exact) mass is 328 g/mol. The lowest BCUT2D eigenvalue weighted by Gasteiger charge is -2.19. The molecule has 126 valence electrons. The van der Waals surface area contributed by atoms with Crippen LogP contribution in [0.25, 0.3) is 0 Å². The first kappa shape index (κ1) is 17.5. The molecule has 0 saturated heterocycles. The number of amides is 1. The topological polar surface area (TPSA) is 88.5 Å². The highest BCUT2D eigenvalue weighted by atomic mass is 16.5. The van der Waals surface area contributed by atoms with Crippen LogP contribution < -0.4 is 10.1 Å². The molecule has 1 aromatic heterocycles. The van der Waals surface area contributed by atoms with Gasteiger partial charge >= 0.3 is 5.97 Å². The Bertz CT molecular complexity index is 697. The molecule has 0 saturated carbocycles. The lowest BCUT2D eigenvalue weighted by molar-refractivity contribution is -0.146. The Kier molecular flexibility index (Phi) is 5.52. The zero-order valence-electron chi connectivity index (χ0n) is 13.7. The maximum atomic E-state index is 12.1. The molecule has 1 heterocycles. The van der Waals surface area contributed by atoms with E-state index in [2.05, 4.69) is 10.3 Å². The van der Waals surface area contributed by atoms with Crippen molar-refractivity contribution in [1.82, 2.24) is 10.3 Å². The Morgan fingerprint density at radius 3 is 2.33 bits per heavy atom. The third kappa shape index (κ3) is 4.81. The molecule has 2 rings (SSSR count). The van der Waals surface area contributed by atoms with Crippen molar-refractivity contribution >= 4 is 11.9 Å². The summed E-state index contributed by atoms with van der Waals surface area (Å²) in [6.45, 7) is 3.60. The Morgan fingerprint density at radius 1 is 1.12 bits per heavy atom. The van der Waals surface area contributed by atoms with E-state index in [1.807, 2.05) is 12.1 Å². The predicted molar refractivity (Wildman–Crippen MR) is 88.8 cm³/mol. The first-order valence-electron chi connectivity index (χ1n) is 7.52. The van der Waals surface area contributed by atoms with Gasteiger partial charge in [0.05, 0.1) is 5.41 Å². The molecular weight excluding hydrogens is 308 g/mol. The highest BCUT2D eigenvalue weighted by molar-refractivity contribution is 5.94. The molecule has 6 heteroatoms. The molecule has 0 radical (unpaired) electrons. The summed E-state index contributed by atoms with van der Waals surface area (Å²) in [5, 5.41) is 11.7. The van der Waals surface area contributed by atoms with Gasteiger partial charge in [0.1, 0.15) is 12.4 Å². The van der Waals surface area contributed by atoms with Crippen molar-refractivity contribution in [2.45, 2.75) is 20.5 Å². The second-order valence-electron chi connectivity index (χ2n) is 6.04. The average molecular weight is 328 g/mol. The molecule has 0 bridgehead atoms. The van der Waals surface area contributed by atoms with Gasteiger partial charge in [-0.1, -0.05) is 0 Å². The largest absolute Gasteiger partial charge is 0.489 e. The number of aliphatic carboxylic acids is 1. The summed E-state index contributed by atoms with van der Waals surface area (Å²) in [5.74, 6) is -0.623. The van der Waals surface area contributed by atoms with Crippen molar-refractivity contribution in [3.05, 3.63) is 59.9 Å². The Labute approximate surface area is 140 Å². The van der Waals surface area contributed by atoms with Crippen LogP contribution in [-0.4, -0.2) is 28.5 Å². The first-order valence-corrected chi connectivity index (χ1v) is 7.52. The number of nitrogens with zero attached hydrogens (tertiary/aromatic N) is 1. The van der Waals surface area contributed by atoms with Gasteiger partial charge in [-0.25, -0.2) is 0 Å². The highest BCUT2D eigenvalue weighted by Gasteiger charge is 2.27. The van der Waals surface area contributed by atoms with E-state index < -0.39 is 11.4 Å². The van der Waals surface area contributed by atoms with Crippen molar-refractivity contribution in [2.75, 3.05) is 6.54 Å². The van der Waals surface area contributed by atoms with Crippen LogP contribution in [0.15, 0.2) is 48.8 Å². The molecule has 0 fully saturated rings. The number of benzene rings is 1. The average Bonchev–Trinajstić information content (AvgIpc) is 2.59. The summed E-state index contributed by atoms with van der Waals surface area (Å²) in [5.41, 5.74) is 0.443. The SMILES string of the molecule is CC(C)(CNC(=O)c1ccc(OCc2ccncc2)cc1)C(=O)O. The van der Waals surface area contributed by atoms with Gasteiger partial charge in [0, 0.05) is 24.5 Å². The van der Waals surface area contributed by atoms with Gasteiger partial charge in [0.25, 0.3) is 5.91 Å². The number of hydrogen-bond acceptors (Lipinski definition) is 4. The number of rotatable bonds is 7. The minimum atomic E-state index is -1.01. The maximum absolute atomic E-state index is 12.1. The van der Waals surface area contributed by atoms with Crippen LogP contribution in [0.4, 0.5) is 0 Å². The highest BCUT2D eigenvalue weighted by Crippen LogP contribution is 2.16. The van der Waals surface area contributed by atoms with Crippen molar-refractivity contribution in [1.29, 1.82) is 0 Å². The van der Waals surface area contributed by atoms with E-state index in [1.54, 1.807) is 50.5 Å². The van der Waals surface area contributed by atoms with E-state index in [1.165, 1.54) is 0 Å². The Hall–Kier alpha value is -2.89. The molecule has 1 aromatic carbocycles. The smallest absolute Gasteiger partial charge is 0.310 e. The van der Waals surface area contributed by atoms with Gasteiger partial charge in [-0.2, -0.15) is 0 Å². The molecule has 0 aliphatic rings. The second-order valence-corrected chi connectivity index (χ2v) is 6.04. The molecule has 24 heavy (non-hydrogen) atoms. The zero-order chi connectivity index (χ0) is 17.6. The van der Waals surface area contributed by atoms with Gasteiger partial charge in [0.2, 0.25) is 0 Å². The van der Waals surface area contributed by atoms with E-state index in [0.29, 0.717) is 17.9 Å². The Morgan fingerprint density at radius 2 is 1.75 bits per heavy atom. The van der Waals surface area contributed by atoms with Crippen molar-refractivity contribution < 1.29 is 19.4 Å². The number of ether oxygens (including phenoxy) is 1. The normalized spacial score (nSPS) is 10.9. The second kappa shape index (κ2) is 7.59. The van der Waals surface area contributed by atoms with Crippen LogP contribution in [-0.2, 0) is 11.4 Å². The fraction of sp³-hybridized carbons (Fsp3) is 0.278. The number of hydrogen-bond donors (Lipinski definition) is 2. The third-order valence-corrected chi connectivity index (χ3v) is 3.54. The third-order valence-electron chi connectivity index (χ3n) is 3.54. The summed E-state index contributed by atoms with van der Waals surface area (Å²) < 4.78 is 5.64. The fourth-order valence-corrected chi connectivity index (χ4v) is 1.83. The molecule has 2 N–H and O–H groups in total. The molecule has 0 aliphatic carbocycles. The van der Waals surface area contributed by atoms with Crippen LogP contribution in [0.3, 0.4) is 0 Å². The van der Waals surface area contributed by atoms with Crippen LogP contribution in [0.2, 0.25) is 0 Å².